The number of nitrogens with one attached hydrogen (secondary N) is 1. The number of hydrogen-bond acceptors (Lipinski definition) is 3. The van der Waals surface area contributed by atoms with Crippen molar-refractivity contribution in [2.75, 3.05) is 6.54 Å². The Bertz CT molecular complexity index is 525. The Morgan fingerprint density at radius 2 is 2.16 bits per heavy atom. The predicted octanol–water partition coefficient (Wildman–Crippen LogP) is 2.69. The molecule has 1 atom stereocenters. The second-order valence-electron chi connectivity index (χ2n) is 5.12. The molecule has 0 saturated heterocycles. The van der Waals surface area contributed by atoms with Gasteiger partial charge in [0.05, 0.1) is 5.69 Å². The number of nitrogens with zero attached hydrogens (tertiary/aromatic N) is 2. The molecule has 1 heterocycles. The molecule has 1 aliphatic rings. The molecule has 1 aromatic heterocycles. The minimum atomic E-state index is 0.645. The first kappa shape index (κ1) is 12.3. The van der Waals surface area contributed by atoms with E-state index in [0.29, 0.717) is 5.92 Å². The molecular weight excluding hydrogens is 234 g/mol. The number of benzene rings is 1. The lowest BCUT2D eigenvalue weighted by Crippen LogP contribution is -2.24. The van der Waals surface area contributed by atoms with Crippen molar-refractivity contribution in [3.8, 4) is 0 Å². The Morgan fingerprint density at radius 1 is 1.21 bits per heavy atom. The summed E-state index contributed by atoms with van der Waals surface area (Å²) in [5, 5.41) is 3.52. The van der Waals surface area contributed by atoms with Gasteiger partial charge in [-0.1, -0.05) is 24.3 Å². The van der Waals surface area contributed by atoms with Crippen LogP contribution >= 0.6 is 0 Å². The van der Waals surface area contributed by atoms with Crippen LogP contribution < -0.4 is 5.32 Å². The molecule has 98 valence electrons. The fraction of sp³-hybridized carbons (Fsp3) is 0.375. The number of hydrogen-bond donors (Lipinski definition) is 1. The van der Waals surface area contributed by atoms with Gasteiger partial charge in [0, 0.05) is 19.3 Å². The molecule has 0 saturated carbocycles. The third-order valence-electron chi connectivity index (χ3n) is 3.83. The fourth-order valence-electron chi connectivity index (χ4n) is 2.86. The second kappa shape index (κ2) is 5.93. The van der Waals surface area contributed by atoms with Crippen molar-refractivity contribution in [3.63, 3.8) is 0 Å². The first-order chi connectivity index (χ1) is 9.43. The topological polar surface area (TPSA) is 37.8 Å². The highest BCUT2D eigenvalue weighted by Gasteiger charge is 2.18. The third-order valence-corrected chi connectivity index (χ3v) is 3.83. The molecule has 1 aromatic carbocycles. The van der Waals surface area contributed by atoms with Crippen LogP contribution in [0, 0.1) is 0 Å². The molecule has 0 bridgehead atoms. The van der Waals surface area contributed by atoms with E-state index in [1.165, 1.54) is 30.4 Å². The maximum atomic E-state index is 4.23. The Labute approximate surface area is 114 Å². The Morgan fingerprint density at radius 3 is 3.05 bits per heavy atom. The van der Waals surface area contributed by atoms with Gasteiger partial charge >= 0.3 is 0 Å². The van der Waals surface area contributed by atoms with Gasteiger partial charge in [0.15, 0.2) is 0 Å². The average Bonchev–Trinajstić information content (AvgIpc) is 2.49. The number of fused-ring (bicyclic) bond motifs is 1. The summed E-state index contributed by atoms with van der Waals surface area (Å²) in [6, 6.07) is 10.8. The van der Waals surface area contributed by atoms with Crippen molar-refractivity contribution in [1.29, 1.82) is 0 Å². The molecule has 3 rings (SSSR count). The third kappa shape index (κ3) is 2.99. The van der Waals surface area contributed by atoms with Crippen LogP contribution in [0.1, 0.15) is 35.6 Å². The average molecular weight is 253 g/mol. The summed E-state index contributed by atoms with van der Waals surface area (Å²) in [5.41, 5.74) is 4.12. The molecular formula is C16H19N3. The van der Waals surface area contributed by atoms with Crippen LogP contribution in [0.4, 0.5) is 0 Å². The highest BCUT2D eigenvalue weighted by atomic mass is 14.9. The van der Waals surface area contributed by atoms with Crippen molar-refractivity contribution in [3.05, 3.63) is 59.7 Å². The van der Waals surface area contributed by atoms with Gasteiger partial charge in [-0.15, -0.1) is 0 Å². The molecule has 0 radical (unpaired) electrons. The maximum absolute atomic E-state index is 4.23. The summed E-state index contributed by atoms with van der Waals surface area (Å²) in [4.78, 5) is 8.17. The van der Waals surface area contributed by atoms with E-state index in [0.717, 1.165) is 18.8 Å². The SMILES string of the molecule is c1ccc2c(c1)CCCC2CNCc1ccncn1. The highest BCUT2D eigenvalue weighted by Crippen LogP contribution is 2.30. The predicted molar refractivity (Wildman–Crippen MR) is 75.9 cm³/mol. The normalized spacial score (nSPS) is 18.0. The fourth-order valence-corrected chi connectivity index (χ4v) is 2.86. The minimum Gasteiger partial charge on any atom is -0.311 e. The van der Waals surface area contributed by atoms with Crippen LogP contribution in [-0.2, 0) is 13.0 Å². The lowest BCUT2D eigenvalue weighted by molar-refractivity contribution is 0.505. The van der Waals surface area contributed by atoms with Gasteiger partial charge in [-0.05, 0) is 42.4 Å². The minimum absolute atomic E-state index is 0.645. The van der Waals surface area contributed by atoms with Crippen LogP contribution in [0.25, 0.3) is 0 Å². The van der Waals surface area contributed by atoms with Gasteiger partial charge in [0.25, 0.3) is 0 Å². The Balaban J connectivity index is 1.59. The Kier molecular flexibility index (Phi) is 3.84. The molecule has 1 aliphatic carbocycles. The summed E-state index contributed by atoms with van der Waals surface area (Å²) in [6.45, 7) is 1.85. The van der Waals surface area contributed by atoms with Crippen molar-refractivity contribution >= 4 is 0 Å². The van der Waals surface area contributed by atoms with Crippen LogP contribution in [0.5, 0.6) is 0 Å². The summed E-state index contributed by atoms with van der Waals surface area (Å²) in [7, 11) is 0. The first-order valence-electron chi connectivity index (χ1n) is 6.97. The number of aryl methyl sites for hydroxylation is 1. The molecule has 3 nitrogen and oxygen atoms in total. The smallest absolute Gasteiger partial charge is 0.115 e. The van der Waals surface area contributed by atoms with E-state index in [1.807, 2.05) is 6.07 Å². The van der Waals surface area contributed by atoms with E-state index in [2.05, 4.69) is 39.6 Å². The number of aromatic nitrogens is 2. The summed E-state index contributed by atoms with van der Waals surface area (Å²) in [6.07, 6.45) is 7.22. The standard InChI is InChI=1S/C16H19N3/c1-2-7-16-13(4-1)5-3-6-14(16)10-18-11-15-8-9-17-12-19-15/h1-2,4,7-9,12,14,18H,3,5-6,10-11H2. The molecule has 0 spiro atoms. The summed E-state index contributed by atoms with van der Waals surface area (Å²) >= 11 is 0. The van der Waals surface area contributed by atoms with E-state index in [1.54, 1.807) is 12.5 Å². The monoisotopic (exact) mass is 253 g/mol. The van der Waals surface area contributed by atoms with E-state index in [-0.39, 0.29) is 0 Å². The second-order valence-corrected chi connectivity index (χ2v) is 5.12. The zero-order chi connectivity index (χ0) is 12.9. The van der Waals surface area contributed by atoms with Crippen molar-refractivity contribution in [2.24, 2.45) is 0 Å². The first-order valence-corrected chi connectivity index (χ1v) is 6.97. The van der Waals surface area contributed by atoms with Crippen molar-refractivity contribution < 1.29 is 0 Å². The van der Waals surface area contributed by atoms with Gasteiger partial charge in [0.2, 0.25) is 0 Å². The van der Waals surface area contributed by atoms with Crippen molar-refractivity contribution in [1.82, 2.24) is 15.3 Å². The number of rotatable bonds is 4. The highest BCUT2D eigenvalue weighted by molar-refractivity contribution is 5.32. The largest absolute Gasteiger partial charge is 0.311 e. The molecule has 0 fully saturated rings. The Hall–Kier alpha value is -1.74. The molecule has 1 N–H and O–H groups in total. The van der Waals surface area contributed by atoms with Gasteiger partial charge < -0.3 is 5.32 Å². The van der Waals surface area contributed by atoms with Gasteiger partial charge in [-0.25, -0.2) is 9.97 Å². The molecule has 19 heavy (non-hydrogen) atoms. The van der Waals surface area contributed by atoms with Gasteiger partial charge in [0.1, 0.15) is 6.33 Å². The lowest BCUT2D eigenvalue weighted by Gasteiger charge is -2.25. The van der Waals surface area contributed by atoms with E-state index >= 15 is 0 Å². The molecule has 0 aliphatic heterocycles. The van der Waals surface area contributed by atoms with E-state index in [9.17, 15) is 0 Å². The summed E-state index contributed by atoms with van der Waals surface area (Å²) < 4.78 is 0. The van der Waals surface area contributed by atoms with Crippen LogP contribution in [0.15, 0.2) is 42.9 Å². The lowest BCUT2D eigenvalue weighted by atomic mass is 9.83. The van der Waals surface area contributed by atoms with Crippen LogP contribution in [0.3, 0.4) is 0 Å². The summed E-state index contributed by atoms with van der Waals surface area (Å²) in [5.74, 6) is 0.645. The molecule has 1 unspecified atom stereocenters. The van der Waals surface area contributed by atoms with Crippen LogP contribution in [0.2, 0.25) is 0 Å². The quantitative estimate of drug-likeness (QED) is 0.910. The zero-order valence-electron chi connectivity index (χ0n) is 11.0. The van der Waals surface area contributed by atoms with Gasteiger partial charge in [-0.3, -0.25) is 0 Å². The molecule has 3 heteroatoms. The van der Waals surface area contributed by atoms with E-state index in [4.69, 9.17) is 0 Å². The van der Waals surface area contributed by atoms with E-state index < -0.39 is 0 Å². The molecule has 0 amide bonds. The molecule has 2 aromatic rings. The van der Waals surface area contributed by atoms with Crippen molar-refractivity contribution in [2.45, 2.75) is 31.7 Å². The van der Waals surface area contributed by atoms with Crippen LogP contribution in [-0.4, -0.2) is 16.5 Å². The zero-order valence-corrected chi connectivity index (χ0v) is 11.0. The van der Waals surface area contributed by atoms with Gasteiger partial charge in [-0.2, -0.15) is 0 Å². The maximum Gasteiger partial charge on any atom is 0.115 e.